The Morgan fingerprint density at radius 1 is 0.444 bits per heavy atom. The molecule has 0 aliphatic heterocycles. The van der Waals surface area contributed by atoms with Crippen molar-refractivity contribution in [2.45, 2.75) is 0 Å². The zero-order valence-corrected chi connectivity index (χ0v) is 15.2. The Kier molecular flexibility index (Phi) is 1030. The molecule has 0 amide bonds. The van der Waals surface area contributed by atoms with E-state index in [0.717, 1.165) is 0 Å². The van der Waals surface area contributed by atoms with Gasteiger partial charge < -0.3 is 16.4 Å². The molecule has 0 aliphatic carbocycles. The van der Waals surface area contributed by atoms with E-state index in [1.165, 1.54) is 0 Å². The van der Waals surface area contributed by atoms with Crippen LogP contribution in [0.2, 0.25) is 0 Å². The van der Waals surface area contributed by atoms with Crippen molar-refractivity contribution >= 4 is 0 Å². The summed E-state index contributed by atoms with van der Waals surface area (Å²) in [6.45, 7) is 0. The maximum atomic E-state index is 0. The summed E-state index contributed by atoms with van der Waals surface area (Å²) in [6.07, 6.45) is 0. The molecule has 60 valence electrons. The van der Waals surface area contributed by atoms with Gasteiger partial charge in [-0.15, -0.1) is 0 Å². The van der Waals surface area contributed by atoms with Gasteiger partial charge >= 0.3 is 34.1 Å². The molecule has 0 saturated carbocycles. The smallest absolute Gasteiger partial charge is 2.00 e. The van der Waals surface area contributed by atoms with Crippen molar-refractivity contribution in [1.82, 2.24) is 0 Å². The normalized spacial score (nSPS) is 0. The molecule has 0 aromatic carbocycles. The minimum atomic E-state index is 0. The third kappa shape index (κ3) is 70.6. The molecule has 4 radical (unpaired) electrons. The van der Waals surface area contributed by atoms with Crippen molar-refractivity contribution in [3.8, 4) is 0 Å². The molecule has 0 saturated heterocycles. The molecule has 3 nitrogen and oxygen atoms in total. The molecule has 9 heavy (non-hydrogen) atoms. The Balaban J connectivity index is 0. The molecular weight excluding hydrogens is 555 g/mol. The fraction of sp³-hybridized carbons (Fsp3) is 0. The molecule has 0 heterocycles. The van der Waals surface area contributed by atoms with E-state index in [1.807, 2.05) is 0 Å². The van der Waals surface area contributed by atoms with Gasteiger partial charge in [0.15, 0.2) is 0 Å². The first-order valence-corrected chi connectivity index (χ1v) is 0. The van der Waals surface area contributed by atoms with Crippen LogP contribution in [0.15, 0.2) is 0 Å². The van der Waals surface area contributed by atoms with E-state index in [0.29, 0.717) is 0 Å². The zero-order chi connectivity index (χ0) is 0. The standard InChI is InChI=1S/2Fe.2La.2Ni.3O/q2*+3;;;;;3*-2. The molecule has 0 N–H and O–H groups in total. The summed E-state index contributed by atoms with van der Waals surface area (Å²) in [5.41, 5.74) is 0. The van der Waals surface area contributed by atoms with E-state index in [-0.39, 0.29) is 155 Å². The van der Waals surface area contributed by atoms with Crippen molar-refractivity contribution in [2.24, 2.45) is 0 Å². The molecule has 0 rings (SSSR count). The van der Waals surface area contributed by atoms with Gasteiger partial charge in [0.2, 0.25) is 0 Å². The Labute approximate surface area is 151 Å². The van der Waals surface area contributed by atoms with Crippen molar-refractivity contribution in [3.05, 3.63) is 0 Å². The van der Waals surface area contributed by atoms with Crippen LogP contribution in [0.1, 0.15) is 0 Å². The quantitative estimate of drug-likeness (QED) is 0.366. The third-order valence-electron chi connectivity index (χ3n) is 0. The fourth-order valence-electron chi connectivity index (χ4n) is 0. The summed E-state index contributed by atoms with van der Waals surface area (Å²) in [5, 5.41) is 0. The second-order valence-electron chi connectivity index (χ2n) is 0. The topological polar surface area (TPSA) is 85.5 Å². The average molecular weight is 555 g/mol. The van der Waals surface area contributed by atoms with Crippen LogP contribution in [0.25, 0.3) is 0 Å². The maximum absolute atomic E-state index is 0. The average Bonchev–Trinajstić information content (AvgIpc) is 0. The van der Waals surface area contributed by atoms with Gasteiger partial charge in [0.1, 0.15) is 0 Å². The van der Waals surface area contributed by atoms with Gasteiger partial charge in [0.05, 0.1) is 0 Å². The van der Waals surface area contributed by atoms with Crippen LogP contribution >= 0.6 is 0 Å². The van der Waals surface area contributed by atoms with Gasteiger partial charge in [-0.2, -0.15) is 0 Å². The number of hydrogen-bond donors (Lipinski definition) is 0. The summed E-state index contributed by atoms with van der Waals surface area (Å²) in [6, 6.07) is 0. The minimum Gasteiger partial charge on any atom is -2.00 e. The van der Waals surface area contributed by atoms with Crippen LogP contribution in [-0.4, -0.2) is 0 Å². The van der Waals surface area contributed by atoms with E-state index in [1.54, 1.807) is 0 Å². The summed E-state index contributed by atoms with van der Waals surface area (Å²) >= 11 is 0. The molecule has 0 spiro atoms. The predicted octanol–water partition coefficient (Wildman–Crippen LogP) is -0.366. The largest absolute Gasteiger partial charge is 3.00 e. The molecule has 0 aromatic rings. The van der Waals surface area contributed by atoms with Crippen LogP contribution in [-0.2, 0) is 83.5 Å². The summed E-state index contributed by atoms with van der Waals surface area (Å²) in [5.74, 6) is 0. The summed E-state index contributed by atoms with van der Waals surface area (Å²) < 4.78 is 0. The van der Waals surface area contributed by atoms with Crippen molar-refractivity contribution in [1.29, 1.82) is 0 Å². The Morgan fingerprint density at radius 3 is 0.444 bits per heavy atom. The van der Waals surface area contributed by atoms with Crippen LogP contribution in [0.4, 0.5) is 0 Å². The Morgan fingerprint density at radius 2 is 0.444 bits per heavy atom. The van der Waals surface area contributed by atoms with Crippen LogP contribution in [0.3, 0.4) is 0 Å². The van der Waals surface area contributed by atoms with E-state index >= 15 is 0 Å². The summed E-state index contributed by atoms with van der Waals surface area (Å²) in [4.78, 5) is 0. The van der Waals surface area contributed by atoms with Gasteiger partial charge in [-0.1, -0.05) is 0 Å². The van der Waals surface area contributed by atoms with Crippen LogP contribution in [0, 0.1) is 71.2 Å². The Hall–Kier alpha value is 4.30. The van der Waals surface area contributed by atoms with E-state index in [9.17, 15) is 0 Å². The zero-order valence-electron chi connectivity index (χ0n) is 3.72. The minimum absolute atomic E-state index is 0. The first kappa shape index (κ1) is 109. The first-order chi connectivity index (χ1) is 0. The van der Waals surface area contributed by atoms with Crippen LogP contribution in [0.5, 0.6) is 0 Å². The van der Waals surface area contributed by atoms with Crippen LogP contribution < -0.4 is 0 Å². The molecule has 9 heteroatoms. The predicted molar refractivity (Wildman–Crippen MR) is 2.06 cm³/mol. The second-order valence-corrected chi connectivity index (χ2v) is 0. The molecule has 0 bridgehead atoms. The summed E-state index contributed by atoms with van der Waals surface area (Å²) in [7, 11) is 0. The molecule has 0 aromatic heterocycles. The van der Waals surface area contributed by atoms with Gasteiger partial charge in [-0.25, -0.2) is 0 Å². The van der Waals surface area contributed by atoms with Gasteiger partial charge in [0.25, 0.3) is 0 Å². The maximum Gasteiger partial charge on any atom is 3.00 e. The molecule has 0 unspecified atom stereocenters. The van der Waals surface area contributed by atoms with Crippen molar-refractivity contribution < 1.29 is 155 Å². The van der Waals surface area contributed by atoms with Gasteiger partial charge in [-0.05, 0) is 0 Å². The third-order valence-corrected chi connectivity index (χ3v) is 0. The number of hydrogen-bond acceptors (Lipinski definition) is 0. The molecule has 0 atom stereocenters. The van der Waals surface area contributed by atoms with Gasteiger partial charge in [-0.3, -0.25) is 0 Å². The first-order valence-electron chi connectivity index (χ1n) is 0. The van der Waals surface area contributed by atoms with Gasteiger partial charge in [0, 0.05) is 104 Å². The fourth-order valence-corrected chi connectivity index (χ4v) is 0. The van der Waals surface area contributed by atoms with E-state index in [2.05, 4.69) is 0 Å². The number of rotatable bonds is 0. The van der Waals surface area contributed by atoms with E-state index < -0.39 is 0 Å². The second kappa shape index (κ2) is 85.0. The van der Waals surface area contributed by atoms with Crippen molar-refractivity contribution in [3.63, 3.8) is 0 Å². The molecular formula is Fe2La2Ni2O3. The van der Waals surface area contributed by atoms with E-state index in [4.69, 9.17) is 0 Å². The monoisotopic (exact) mass is 554 g/mol. The SMILES string of the molecule is [Fe+3].[Fe+3].[La].[La].[Ni].[Ni].[O-2].[O-2].[O-2]. The van der Waals surface area contributed by atoms with Crippen molar-refractivity contribution in [2.75, 3.05) is 0 Å². The molecule has 0 fully saturated rings. The Bertz CT molecular complexity index is 17.8. The molecule has 0 aliphatic rings.